The van der Waals surface area contributed by atoms with Crippen molar-refractivity contribution in [3.8, 4) is 0 Å². The van der Waals surface area contributed by atoms with Crippen molar-refractivity contribution >= 4 is 53.3 Å². The van der Waals surface area contributed by atoms with Crippen molar-refractivity contribution in [2.24, 2.45) is 10.7 Å². The molecular weight excluding hydrogens is 463 g/mol. The summed E-state index contributed by atoms with van der Waals surface area (Å²) in [7, 11) is 0. The van der Waals surface area contributed by atoms with Crippen molar-refractivity contribution in [3.63, 3.8) is 0 Å². The van der Waals surface area contributed by atoms with Gasteiger partial charge in [0.1, 0.15) is 5.82 Å². The zero-order chi connectivity index (χ0) is 22.4. The second-order valence-electron chi connectivity index (χ2n) is 8.46. The molecule has 1 fully saturated rings. The highest BCUT2D eigenvalue weighted by atomic mass is 35.5. The van der Waals surface area contributed by atoms with Gasteiger partial charge in [0.25, 0.3) is 5.91 Å². The molecule has 0 bridgehead atoms. The molecule has 33 heavy (non-hydrogen) atoms. The van der Waals surface area contributed by atoms with Gasteiger partial charge >= 0.3 is 0 Å². The van der Waals surface area contributed by atoms with Crippen molar-refractivity contribution in [2.75, 3.05) is 18.5 Å². The Morgan fingerprint density at radius 2 is 1.97 bits per heavy atom. The van der Waals surface area contributed by atoms with Crippen LogP contribution in [0.4, 0.5) is 5.82 Å². The molecule has 0 aliphatic heterocycles. The lowest BCUT2D eigenvalue weighted by Crippen LogP contribution is -2.37. The van der Waals surface area contributed by atoms with E-state index < -0.39 is 0 Å². The number of aryl methyl sites for hydroxylation is 1. The van der Waals surface area contributed by atoms with Crippen LogP contribution in [0.5, 0.6) is 0 Å². The van der Waals surface area contributed by atoms with Gasteiger partial charge in [-0.15, -0.1) is 24.8 Å². The Morgan fingerprint density at radius 1 is 1.24 bits per heavy atom. The topological polar surface area (TPSA) is 115 Å². The van der Waals surface area contributed by atoms with E-state index in [1.807, 2.05) is 45.9 Å². The molecule has 1 aromatic heterocycles. The number of aliphatic imine (C=N–C) groups is 1. The number of nitrogens with one attached hydrogen (secondary N) is 2. The fourth-order valence-electron chi connectivity index (χ4n) is 3.86. The van der Waals surface area contributed by atoms with E-state index in [0.29, 0.717) is 24.8 Å². The van der Waals surface area contributed by atoms with Crippen molar-refractivity contribution < 1.29 is 9.53 Å². The summed E-state index contributed by atoms with van der Waals surface area (Å²) in [6, 6.07) is 6.17. The molecule has 2 atom stereocenters. The van der Waals surface area contributed by atoms with Crippen LogP contribution in [0.3, 0.4) is 0 Å². The summed E-state index contributed by atoms with van der Waals surface area (Å²) in [6.07, 6.45) is 4.34. The van der Waals surface area contributed by atoms with E-state index in [-0.39, 0.29) is 54.7 Å². The van der Waals surface area contributed by atoms with Crippen LogP contribution in [-0.4, -0.2) is 53.1 Å². The molecular formula is C23H36Cl2N6O2. The summed E-state index contributed by atoms with van der Waals surface area (Å²) >= 11 is 0. The Balaban J connectivity index is 0.00000272. The Hall–Kier alpha value is -2.16. The molecule has 1 saturated carbocycles. The number of amides is 1. The average Bonchev–Trinajstić information content (AvgIpc) is 2.72. The van der Waals surface area contributed by atoms with Crippen LogP contribution in [0.1, 0.15) is 62.6 Å². The highest BCUT2D eigenvalue weighted by molar-refractivity contribution is 5.96. The summed E-state index contributed by atoms with van der Waals surface area (Å²) in [5.74, 6) is 1.09. The molecule has 0 radical (unpaired) electrons. The number of fused-ring (bicyclic) bond motifs is 1. The molecule has 184 valence electrons. The van der Waals surface area contributed by atoms with Gasteiger partial charge in [0.15, 0.2) is 0 Å². The lowest BCUT2D eigenvalue weighted by molar-refractivity contribution is 0.0743. The highest BCUT2D eigenvalue weighted by Crippen LogP contribution is 2.28. The molecule has 4 N–H and O–H groups in total. The summed E-state index contributed by atoms with van der Waals surface area (Å²) in [5, 5.41) is 7.31. The first-order valence-corrected chi connectivity index (χ1v) is 11.1. The summed E-state index contributed by atoms with van der Waals surface area (Å²) in [5.41, 5.74) is 7.71. The number of carbonyl (C=O) groups is 1. The van der Waals surface area contributed by atoms with Crippen molar-refractivity contribution in [1.82, 2.24) is 15.3 Å². The number of halogens is 2. The number of nitrogens with two attached hydrogens (primary N) is 1. The molecule has 0 spiro atoms. The van der Waals surface area contributed by atoms with Gasteiger partial charge in [-0.2, -0.15) is 0 Å². The summed E-state index contributed by atoms with van der Waals surface area (Å²) < 4.78 is 5.49. The first-order valence-electron chi connectivity index (χ1n) is 11.1. The number of ether oxygens (including phenoxy) is 1. The lowest BCUT2D eigenvalue weighted by atomic mass is 9.90. The van der Waals surface area contributed by atoms with Gasteiger partial charge in [-0.1, -0.05) is 24.5 Å². The number of aromatic nitrogens is 2. The quantitative estimate of drug-likeness (QED) is 0.287. The van der Waals surface area contributed by atoms with E-state index in [2.05, 4.69) is 25.6 Å². The van der Waals surface area contributed by atoms with Gasteiger partial charge in [-0.05, 0) is 52.7 Å². The maximum absolute atomic E-state index is 12.7. The Kier molecular flexibility index (Phi) is 11.8. The first kappa shape index (κ1) is 28.9. The zero-order valence-corrected chi connectivity index (χ0v) is 21.4. The molecule has 2 aromatic rings. The van der Waals surface area contributed by atoms with E-state index in [0.717, 1.165) is 42.1 Å². The number of benzene rings is 1. The monoisotopic (exact) mass is 498 g/mol. The second-order valence-corrected chi connectivity index (χ2v) is 8.46. The molecule has 3 rings (SSSR count). The molecule has 1 aromatic carbocycles. The van der Waals surface area contributed by atoms with Gasteiger partial charge in [-0.3, -0.25) is 9.79 Å². The first-order chi connectivity index (χ1) is 14.8. The number of rotatable bonds is 8. The molecule has 10 heteroatoms. The average molecular weight is 499 g/mol. The molecule has 0 unspecified atom stereocenters. The Morgan fingerprint density at radius 3 is 2.67 bits per heavy atom. The van der Waals surface area contributed by atoms with Gasteiger partial charge in [0.05, 0.1) is 30.1 Å². The van der Waals surface area contributed by atoms with Crippen LogP contribution < -0.4 is 16.4 Å². The number of amidine groups is 1. The summed E-state index contributed by atoms with van der Waals surface area (Å²) in [4.78, 5) is 26.4. The van der Waals surface area contributed by atoms with Crippen LogP contribution in [0.2, 0.25) is 0 Å². The number of hydrogen-bond acceptors (Lipinski definition) is 6. The second kappa shape index (κ2) is 13.5. The molecule has 1 aliphatic carbocycles. The van der Waals surface area contributed by atoms with Crippen LogP contribution in [0.25, 0.3) is 10.9 Å². The van der Waals surface area contributed by atoms with E-state index in [4.69, 9.17) is 10.5 Å². The van der Waals surface area contributed by atoms with E-state index in [1.165, 1.54) is 0 Å². The van der Waals surface area contributed by atoms with Crippen molar-refractivity contribution in [3.05, 3.63) is 29.6 Å². The van der Waals surface area contributed by atoms with Crippen molar-refractivity contribution in [1.29, 1.82) is 0 Å². The minimum absolute atomic E-state index is 0. The van der Waals surface area contributed by atoms with E-state index >= 15 is 0 Å². The Bertz CT molecular complexity index is 950. The molecule has 0 saturated heterocycles. The highest BCUT2D eigenvalue weighted by Gasteiger charge is 2.26. The third-order valence-electron chi connectivity index (χ3n) is 5.31. The predicted octanol–water partition coefficient (Wildman–Crippen LogP) is 4.04. The maximum Gasteiger partial charge on any atom is 0.289 e. The van der Waals surface area contributed by atoms with E-state index in [1.54, 1.807) is 0 Å². The molecule has 8 nitrogen and oxygen atoms in total. The van der Waals surface area contributed by atoms with Gasteiger partial charge in [0.2, 0.25) is 5.82 Å². The number of anilines is 1. The largest absolute Gasteiger partial charge is 0.388 e. The predicted molar refractivity (Wildman–Crippen MR) is 139 cm³/mol. The SMILES string of the molecule is CC(N)=N[C@@H]1CCCC[C@@H]1Nc1nc(C(=O)NCCOC(C)C)nc2ccc(C)cc12.Cl.Cl. The van der Waals surface area contributed by atoms with Crippen molar-refractivity contribution in [2.45, 2.75) is 71.6 Å². The van der Waals surface area contributed by atoms with Gasteiger partial charge in [-0.25, -0.2) is 9.97 Å². The van der Waals surface area contributed by atoms with Crippen LogP contribution in [-0.2, 0) is 4.74 Å². The molecule has 1 aliphatic rings. The van der Waals surface area contributed by atoms with Crippen LogP contribution in [0.15, 0.2) is 23.2 Å². The number of nitrogens with zero attached hydrogens (tertiary/aromatic N) is 3. The fraction of sp³-hybridized carbons (Fsp3) is 0.565. The van der Waals surface area contributed by atoms with E-state index in [9.17, 15) is 4.79 Å². The van der Waals surface area contributed by atoms with Crippen LogP contribution >= 0.6 is 24.8 Å². The smallest absolute Gasteiger partial charge is 0.289 e. The van der Waals surface area contributed by atoms with Gasteiger partial charge < -0.3 is 21.1 Å². The minimum Gasteiger partial charge on any atom is -0.388 e. The normalized spacial score (nSPS) is 18.4. The Labute approximate surface area is 208 Å². The fourth-order valence-corrected chi connectivity index (χ4v) is 3.86. The van der Waals surface area contributed by atoms with Gasteiger partial charge in [0, 0.05) is 18.0 Å². The molecule has 1 amide bonds. The van der Waals surface area contributed by atoms with Crippen LogP contribution in [0, 0.1) is 6.92 Å². The molecule has 1 heterocycles. The third kappa shape index (κ3) is 8.28. The maximum atomic E-state index is 12.7. The minimum atomic E-state index is -0.311. The third-order valence-corrected chi connectivity index (χ3v) is 5.31. The number of carbonyl (C=O) groups excluding carboxylic acids is 1. The summed E-state index contributed by atoms with van der Waals surface area (Å²) in [6.45, 7) is 8.63. The zero-order valence-electron chi connectivity index (χ0n) is 19.8. The number of hydrogen-bond donors (Lipinski definition) is 3. The lowest BCUT2D eigenvalue weighted by Gasteiger charge is -2.30. The standard InChI is InChI=1S/C23H34N6O2.2ClH/c1-14(2)31-12-11-25-23(30)22-27-18-10-9-15(3)13-17(18)21(29-22)28-20-8-6-5-7-19(20)26-16(4)24;;/h9-10,13-14,19-20H,5-8,11-12H2,1-4H3,(H2,24,26)(H,25,30)(H,27,28,29);2*1H/t19-,20+;;/m1../s1.